The Kier molecular flexibility index (Phi) is 7.12. The van der Waals surface area contributed by atoms with Gasteiger partial charge in [-0.3, -0.25) is 4.79 Å². The van der Waals surface area contributed by atoms with E-state index in [0.29, 0.717) is 41.6 Å². The average molecular weight is 508 g/mol. The first-order chi connectivity index (χ1) is 16.6. The quantitative estimate of drug-likeness (QED) is 0.366. The average Bonchev–Trinajstić information content (AvgIpc) is 2.83. The number of aromatic nitrogens is 2. The van der Waals surface area contributed by atoms with Gasteiger partial charge in [0.25, 0.3) is 6.43 Å². The molecule has 0 spiro atoms. The van der Waals surface area contributed by atoms with Crippen molar-refractivity contribution >= 4 is 35.1 Å². The fraction of sp³-hybridized carbons (Fsp3) is 0.375. The van der Waals surface area contributed by atoms with Gasteiger partial charge in [-0.05, 0) is 25.1 Å². The molecule has 0 radical (unpaired) electrons. The van der Waals surface area contributed by atoms with Gasteiger partial charge in [-0.2, -0.15) is 0 Å². The third kappa shape index (κ3) is 5.03. The molecule has 1 N–H and O–H groups in total. The van der Waals surface area contributed by atoms with Crippen molar-refractivity contribution in [1.29, 1.82) is 0 Å². The van der Waals surface area contributed by atoms with Crippen LogP contribution in [0.1, 0.15) is 43.3 Å². The molecule has 3 aromatic rings. The Morgan fingerprint density at radius 3 is 2.46 bits per heavy atom. The molecule has 0 saturated carbocycles. The number of nitrogens with zero attached hydrogens (tertiary/aromatic N) is 3. The number of rotatable bonds is 6. The smallest absolute Gasteiger partial charge is 0.266 e. The first kappa shape index (κ1) is 25.1. The first-order valence-electron chi connectivity index (χ1n) is 11.2. The predicted octanol–water partition coefficient (Wildman–Crippen LogP) is 5.20. The van der Waals surface area contributed by atoms with E-state index in [-0.39, 0.29) is 23.1 Å². The summed E-state index contributed by atoms with van der Waals surface area (Å²) in [4.78, 5) is 21.7. The van der Waals surface area contributed by atoms with Gasteiger partial charge in [0.1, 0.15) is 25.5 Å². The lowest BCUT2D eigenvalue weighted by molar-refractivity contribution is -0.128. The zero-order valence-corrected chi connectivity index (χ0v) is 20.2. The monoisotopic (exact) mass is 508 g/mol. The zero-order valence-electron chi connectivity index (χ0n) is 19.3. The molecule has 0 bridgehead atoms. The van der Waals surface area contributed by atoms with Crippen LogP contribution in [0, 0.1) is 5.82 Å². The van der Waals surface area contributed by atoms with E-state index in [1.165, 1.54) is 19.1 Å². The maximum atomic E-state index is 14.7. The molecule has 2 heterocycles. The van der Waals surface area contributed by atoms with E-state index in [1.54, 1.807) is 30.0 Å². The summed E-state index contributed by atoms with van der Waals surface area (Å²) in [6, 6.07) is 8.00. The summed E-state index contributed by atoms with van der Waals surface area (Å²) in [6.07, 6.45) is -2.28. The number of hydrogen-bond donors (Lipinski definition) is 1. The van der Waals surface area contributed by atoms with Crippen molar-refractivity contribution in [1.82, 2.24) is 14.9 Å². The lowest BCUT2D eigenvalue weighted by Gasteiger charge is -2.32. The molecular weight excluding hydrogens is 483 g/mol. The van der Waals surface area contributed by atoms with Gasteiger partial charge in [-0.1, -0.05) is 18.2 Å². The molecule has 1 aromatic heterocycles. The van der Waals surface area contributed by atoms with Crippen LogP contribution in [-0.2, 0) is 16.0 Å². The normalized spacial score (nSPS) is 16.5. The summed E-state index contributed by atoms with van der Waals surface area (Å²) in [6.45, 7) is 2.91. The van der Waals surface area contributed by atoms with Crippen molar-refractivity contribution in [2.24, 2.45) is 0 Å². The van der Waals surface area contributed by atoms with Crippen LogP contribution in [0.4, 0.5) is 23.4 Å². The molecule has 11 heteroatoms. The van der Waals surface area contributed by atoms with Gasteiger partial charge in [-0.25, -0.2) is 27.5 Å². The Labute approximate surface area is 200 Å². The van der Waals surface area contributed by atoms with Crippen LogP contribution in [0.25, 0.3) is 10.9 Å². The maximum Gasteiger partial charge on any atom is 0.266 e. The molecule has 1 aliphatic heterocycles. The Balaban J connectivity index is 1.72. The SMILES string of the molecule is CC(=O)N1CCP(=O)(c2ccc3nc(CF)nc(N[C@H](C)c4cccc(C(F)F)c4F)c3c2)CC1. The van der Waals surface area contributed by atoms with Gasteiger partial charge < -0.3 is 14.8 Å². The second-order valence-corrected chi connectivity index (χ2v) is 11.8. The number of fused-ring (bicyclic) bond motifs is 1. The Morgan fingerprint density at radius 2 is 1.83 bits per heavy atom. The van der Waals surface area contributed by atoms with E-state index in [2.05, 4.69) is 15.3 Å². The van der Waals surface area contributed by atoms with Gasteiger partial charge in [0, 0.05) is 48.6 Å². The zero-order chi connectivity index (χ0) is 25.3. The highest BCUT2D eigenvalue weighted by Gasteiger charge is 2.32. The van der Waals surface area contributed by atoms with E-state index in [9.17, 15) is 26.9 Å². The van der Waals surface area contributed by atoms with Gasteiger partial charge in [0.15, 0.2) is 5.82 Å². The Bertz CT molecular complexity index is 1310. The third-order valence-electron chi connectivity index (χ3n) is 6.34. The molecule has 1 amide bonds. The standard InChI is InChI=1S/C24H25F4N4O2P/c1-14(17-4-3-5-18(22(17)26)23(27)28)29-24-19-12-16(6-7-20(19)30-21(13-25)31-24)35(34)10-8-32(9-11-35)15(2)33/h3-7,12,14,23H,8-11,13H2,1-2H3,(H,29,30,31)/t14-/m1/s1. The fourth-order valence-electron chi connectivity index (χ4n) is 4.30. The van der Waals surface area contributed by atoms with Crippen molar-refractivity contribution in [3.63, 3.8) is 0 Å². The number of alkyl halides is 3. The highest BCUT2D eigenvalue weighted by atomic mass is 31.2. The number of carbonyl (C=O) groups is 1. The molecule has 6 nitrogen and oxygen atoms in total. The number of halogens is 4. The van der Waals surface area contributed by atoms with Crippen molar-refractivity contribution in [3.05, 3.63) is 59.2 Å². The van der Waals surface area contributed by atoms with Crippen LogP contribution >= 0.6 is 7.14 Å². The van der Waals surface area contributed by atoms with Crippen LogP contribution in [0.15, 0.2) is 36.4 Å². The van der Waals surface area contributed by atoms with E-state index < -0.39 is 37.7 Å². The van der Waals surface area contributed by atoms with E-state index in [4.69, 9.17) is 0 Å². The molecule has 4 rings (SSSR count). The molecule has 1 atom stereocenters. The molecule has 35 heavy (non-hydrogen) atoms. The van der Waals surface area contributed by atoms with Crippen LogP contribution in [0.2, 0.25) is 0 Å². The minimum atomic E-state index is -2.96. The summed E-state index contributed by atoms with van der Waals surface area (Å²) in [5, 5.41) is 4.05. The number of benzene rings is 2. The largest absolute Gasteiger partial charge is 0.363 e. The molecule has 2 aromatic carbocycles. The van der Waals surface area contributed by atoms with Gasteiger partial charge in [0.2, 0.25) is 5.91 Å². The van der Waals surface area contributed by atoms with E-state index in [1.807, 2.05) is 0 Å². The number of hydrogen-bond acceptors (Lipinski definition) is 5. The first-order valence-corrected chi connectivity index (χ1v) is 13.2. The maximum absolute atomic E-state index is 14.7. The Morgan fingerprint density at radius 1 is 1.14 bits per heavy atom. The third-order valence-corrected chi connectivity index (χ3v) is 9.40. The lowest BCUT2D eigenvalue weighted by Crippen LogP contribution is -2.39. The molecule has 1 fully saturated rings. The summed E-state index contributed by atoms with van der Waals surface area (Å²) in [5.41, 5.74) is -0.288. The minimum absolute atomic E-state index is 0.0110. The molecule has 1 aliphatic rings. The Hall–Kier alpha value is -3.00. The second kappa shape index (κ2) is 9.93. The van der Waals surface area contributed by atoms with Crippen LogP contribution in [-0.4, -0.2) is 46.2 Å². The van der Waals surface area contributed by atoms with E-state index in [0.717, 1.165) is 6.07 Å². The lowest BCUT2D eigenvalue weighted by atomic mass is 10.0. The highest BCUT2D eigenvalue weighted by Crippen LogP contribution is 2.47. The summed E-state index contributed by atoms with van der Waals surface area (Å²) in [7, 11) is -2.80. The van der Waals surface area contributed by atoms with Gasteiger partial charge >= 0.3 is 0 Å². The molecule has 186 valence electrons. The second-order valence-electron chi connectivity index (χ2n) is 8.58. The van der Waals surface area contributed by atoms with Gasteiger partial charge in [0.05, 0.1) is 17.1 Å². The number of amides is 1. The topological polar surface area (TPSA) is 75.2 Å². The van der Waals surface area contributed by atoms with Crippen molar-refractivity contribution in [2.45, 2.75) is 33.0 Å². The summed E-state index contributed by atoms with van der Waals surface area (Å²) >= 11 is 0. The number of anilines is 1. The van der Waals surface area contributed by atoms with Crippen LogP contribution < -0.4 is 10.6 Å². The summed E-state index contributed by atoms with van der Waals surface area (Å²) in [5.74, 6) is -0.990. The molecular formula is C24H25F4N4O2P. The van der Waals surface area contributed by atoms with Crippen LogP contribution in [0.5, 0.6) is 0 Å². The minimum Gasteiger partial charge on any atom is -0.363 e. The van der Waals surface area contributed by atoms with E-state index >= 15 is 0 Å². The molecule has 0 unspecified atom stereocenters. The molecule has 0 aliphatic carbocycles. The predicted molar refractivity (Wildman–Crippen MR) is 127 cm³/mol. The van der Waals surface area contributed by atoms with Crippen molar-refractivity contribution in [3.8, 4) is 0 Å². The fourth-order valence-corrected chi connectivity index (χ4v) is 6.88. The van der Waals surface area contributed by atoms with Crippen LogP contribution in [0.3, 0.4) is 0 Å². The number of carbonyl (C=O) groups excluding carboxylic acids is 1. The van der Waals surface area contributed by atoms with Crippen molar-refractivity contribution in [2.75, 3.05) is 30.7 Å². The van der Waals surface area contributed by atoms with Crippen molar-refractivity contribution < 1.29 is 26.9 Å². The summed E-state index contributed by atoms with van der Waals surface area (Å²) < 4.78 is 68.2. The number of nitrogens with one attached hydrogen (secondary N) is 1. The highest BCUT2D eigenvalue weighted by molar-refractivity contribution is 7.71. The van der Waals surface area contributed by atoms with Gasteiger partial charge in [-0.15, -0.1) is 0 Å². The molecule has 1 saturated heterocycles.